The summed E-state index contributed by atoms with van der Waals surface area (Å²) in [5, 5.41) is 3.76. The predicted octanol–water partition coefficient (Wildman–Crippen LogP) is 4.79. The van der Waals surface area contributed by atoms with Crippen molar-refractivity contribution in [3.8, 4) is 0 Å². The highest BCUT2D eigenvalue weighted by Crippen LogP contribution is 2.40. The fraction of sp³-hybridized carbons (Fsp3) is 0.600. The lowest BCUT2D eigenvalue weighted by molar-refractivity contribution is 0.349. The number of thioether (sulfide) groups is 1. The van der Waals surface area contributed by atoms with Gasteiger partial charge in [-0.15, -0.1) is 11.8 Å². The minimum atomic E-state index is 0.435. The highest BCUT2D eigenvalue weighted by molar-refractivity contribution is 7.99. The first kappa shape index (κ1) is 12.8. The number of nitrogens with one attached hydrogen (secondary N) is 1. The normalized spacial score (nSPS) is 22.6. The lowest BCUT2D eigenvalue weighted by Crippen LogP contribution is -2.30. The highest BCUT2D eigenvalue weighted by Gasteiger charge is 2.34. The van der Waals surface area contributed by atoms with Crippen molar-refractivity contribution >= 4 is 17.4 Å². The van der Waals surface area contributed by atoms with Crippen LogP contribution in [0.25, 0.3) is 0 Å². The molecule has 1 fully saturated rings. The molecule has 1 atom stereocenters. The molecule has 1 N–H and O–H groups in total. The van der Waals surface area contributed by atoms with Crippen LogP contribution in [0.3, 0.4) is 0 Å². The first-order chi connectivity index (χ1) is 8.13. The molecule has 17 heavy (non-hydrogen) atoms. The van der Waals surface area contributed by atoms with Crippen LogP contribution in [0.5, 0.6) is 0 Å². The molecule has 0 aliphatic heterocycles. The van der Waals surface area contributed by atoms with Crippen molar-refractivity contribution in [1.29, 1.82) is 0 Å². The molecule has 1 nitrogen and oxygen atoms in total. The van der Waals surface area contributed by atoms with Gasteiger partial charge >= 0.3 is 0 Å². The molecule has 0 radical (unpaired) electrons. The van der Waals surface area contributed by atoms with Gasteiger partial charge in [0.15, 0.2) is 0 Å². The summed E-state index contributed by atoms with van der Waals surface area (Å²) in [6, 6.07) is 9.32. The third-order valence-electron chi connectivity index (χ3n) is 3.77. The Hall–Kier alpha value is -0.630. The van der Waals surface area contributed by atoms with E-state index < -0.39 is 0 Å². The number of anilines is 1. The Kier molecular flexibility index (Phi) is 4.03. The summed E-state index contributed by atoms with van der Waals surface area (Å²) in [7, 11) is 0. The van der Waals surface area contributed by atoms with Crippen molar-refractivity contribution in [3.63, 3.8) is 0 Å². The SMILES string of the molecule is CCSc1ccccc1NC1CCCC1(C)C. The van der Waals surface area contributed by atoms with Crippen molar-refractivity contribution in [2.45, 2.75) is 51.0 Å². The molecule has 1 aliphatic carbocycles. The Bertz CT molecular complexity index is 373. The van der Waals surface area contributed by atoms with Gasteiger partial charge in [-0.25, -0.2) is 0 Å². The predicted molar refractivity (Wildman–Crippen MR) is 77.9 cm³/mol. The van der Waals surface area contributed by atoms with Gasteiger partial charge in [-0.3, -0.25) is 0 Å². The molecule has 0 heterocycles. The first-order valence-electron chi connectivity index (χ1n) is 6.62. The fourth-order valence-corrected chi connectivity index (χ4v) is 3.42. The van der Waals surface area contributed by atoms with Gasteiger partial charge in [0.1, 0.15) is 0 Å². The van der Waals surface area contributed by atoms with Crippen molar-refractivity contribution < 1.29 is 0 Å². The van der Waals surface area contributed by atoms with Crippen molar-refractivity contribution in [1.82, 2.24) is 0 Å². The van der Waals surface area contributed by atoms with E-state index in [9.17, 15) is 0 Å². The van der Waals surface area contributed by atoms with Crippen LogP contribution in [0.1, 0.15) is 40.0 Å². The van der Waals surface area contributed by atoms with E-state index in [1.165, 1.54) is 29.8 Å². The summed E-state index contributed by atoms with van der Waals surface area (Å²) < 4.78 is 0. The van der Waals surface area contributed by atoms with E-state index in [0.717, 1.165) is 5.75 Å². The van der Waals surface area contributed by atoms with Gasteiger partial charge in [-0.05, 0) is 36.1 Å². The summed E-state index contributed by atoms with van der Waals surface area (Å²) in [6.45, 7) is 6.97. The molecule has 0 aromatic heterocycles. The maximum absolute atomic E-state index is 3.76. The van der Waals surface area contributed by atoms with Crippen LogP contribution in [-0.4, -0.2) is 11.8 Å². The van der Waals surface area contributed by atoms with Crippen LogP contribution in [0.2, 0.25) is 0 Å². The molecule has 0 spiro atoms. The fourth-order valence-electron chi connectivity index (χ4n) is 2.65. The average Bonchev–Trinajstić information content (AvgIpc) is 2.61. The van der Waals surface area contributed by atoms with E-state index >= 15 is 0 Å². The summed E-state index contributed by atoms with van der Waals surface area (Å²) in [5.74, 6) is 1.13. The van der Waals surface area contributed by atoms with Crippen LogP contribution < -0.4 is 5.32 Å². The maximum atomic E-state index is 3.76. The zero-order valence-electron chi connectivity index (χ0n) is 11.1. The second-order valence-electron chi connectivity index (χ2n) is 5.51. The molecule has 1 aromatic carbocycles. The Labute approximate surface area is 109 Å². The monoisotopic (exact) mass is 249 g/mol. The molecule has 1 aromatic rings. The first-order valence-corrected chi connectivity index (χ1v) is 7.60. The van der Waals surface area contributed by atoms with E-state index in [0.29, 0.717) is 11.5 Å². The van der Waals surface area contributed by atoms with Crippen LogP contribution in [0.4, 0.5) is 5.69 Å². The smallest absolute Gasteiger partial charge is 0.0480 e. The van der Waals surface area contributed by atoms with E-state index in [2.05, 4.69) is 50.4 Å². The topological polar surface area (TPSA) is 12.0 Å². The average molecular weight is 249 g/mol. The molecule has 0 amide bonds. The summed E-state index contributed by atoms with van der Waals surface area (Å²) in [6.07, 6.45) is 4.00. The van der Waals surface area contributed by atoms with Crippen molar-refractivity contribution in [2.24, 2.45) is 5.41 Å². The Morgan fingerprint density at radius 3 is 2.76 bits per heavy atom. The number of hydrogen-bond donors (Lipinski definition) is 1. The molecule has 2 heteroatoms. The summed E-state index contributed by atoms with van der Waals surface area (Å²) in [4.78, 5) is 1.39. The quantitative estimate of drug-likeness (QED) is 0.770. The maximum Gasteiger partial charge on any atom is 0.0480 e. The van der Waals surface area contributed by atoms with Gasteiger partial charge in [-0.2, -0.15) is 0 Å². The largest absolute Gasteiger partial charge is 0.381 e. The lowest BCUT2D eigenvalue weighted by atomic mass is 9.87. The molecule has 0 bridgehead atoms. The minimum Gasteiger partial charge on any atom is -0.381 e. The zero-order valence-corrected chi connectivity index (χ0v) is 11.9. The molecule has 1 aliphatic rings. The van der Waals surface area contributed by atoms with Crippen LogP contribution in [0.15, 0.2) is 29.2 Å². The van der Waals surface area contributed by atoms with Gasteiger partial charge in [0, 0.05) is 16.6 Å². The van der Waals surface area contributed by atoms with Gasteiger partial charge in [0.05, 0.1) is 0 Å². The number of para-hydroxylation sites is 1. The molecule has 1 unspecified atom stereocenters. The second kappa shape index (κ2) is 5.34. The Morgan fingerprint density at radius 2 is 2.12 bits per heavy atom. The van der Waals surface area contributed by atoms with E-state index in [4.69, 9.17) is 0 Å². The molecule has 1 saturated carbocycles. The second-order valence-corrected chi connectivity index (χ2v) is 6.81. The van der Waals surface area contributed by atoms with Crippen molar-refractivity contribution in [2.75, 3.05) is 11.1 Å². The number of benzene rings is 1. The summed E-state index contributed by atoms with van der Waals surface area (Å²) >= 11 is 1.92. The van der Waals surface area contributed by atoms with Gasteiger partial charge in [0.2, 0.25) is 0 Å². The molecule has 94 valence electrons. The molecule has 0 saturated heterocycles. The molecule has 2 rings (SSSR count). The number of rotatable bonds is 4. The van der Waals surface area contributed by atoms with E-state index in [1.807, 2.05) is 11.8 Å². The third kappa shape index (κ3) is 2.98. The van der Waals surface area contributed by atoms with Gasteiger partial charge < -0.3 is 5.32 Å². The zero-order chi connectivity index (χ0) is 12.3. The van der Waals surface area contributed by atoms with Gasteiger partial charge in [-0.1, -0.05) is 39.3 Å². The highest BCUT2D eigenvalue weighted by atomic mass is 32.2. The van der Waals surface area contributed by atoms with E-state index in [1.54, 1.807) is 0 Å². The van der Waals surface area contributed by atoms with Crippen LogP contribution in [-0.2, 0) is 0 Å². The molecular formula is C15H23NS. The van der Waals surface area contributed by atoms with Crippen LogP contribution in [0, 0.1) is 5.41 Å². The summed E-state index contributed by atoms with van der Waals surface area (Å²) in [5.41, 5.74) is 1.75. The Balaban J connectivity index is 2.12. The minimum absolute atomic E-state index is 0.435. The third-order valence-corrected chi connectivity index (χ3v) is 4.73. The lowest BCUT2D eigenvalue weighted by Gasteiger charge is -2.29. The Morgan fingerprint density at radius 1 is 1.35 bits per heavy atom. The standard InChI is InChI=1S/C15H23NS/c1-4-17-13-9-6-5-8-12(13)16-14-10-7-11-15(14,2)3/h5-6,8-9,14,16H,4,7,10-11H2,1-3H3. The van der Waals surface area contributed by atoms with E-state index in [-0.39, 0.29) is 0 Å². The molecular weight excluding hydrogens is 226 g/mol. The van der Waals surface area contributed by atoms with Gasteiger partial charge in [0.25, 0.3) is 0 Å². The van der Waals surface area contributed by atoms with Crippen LogP contribution >= 0.6 is 11.8 Å². The van der Waals surface area contributed by atoms with Crippen molar-refractivity contribution in [3.05, 3.63) is 24.3 Å². The number of hydrogen-bond acceptors (Lipinski definition) is 2.